The van der Waals surface area contributed by atoms with Gasteiger partial charge in [0.05, 0.1) is 0 Å². The van der Waals surface area contributed by atoms with Gasteiger partial charge in [-0.3, -0.25) is 0 Å². The molecule has 0 radical (unpaired) electrons. The van der Waals surface area contributed by atoms with E-state index in [0.717, 1.165) is 10.0 Å². The van der Waals surface area contributed by atoms with Crippen LogP contribution >= 0.6 is 15.9 Å². The van der Waals surface area contributed by atoms with Gasteiger partial charge in [0, 0.05) is 10.7 Å². The lowest BCUT2D eigenvalue weighted by molar-refractivity contribution is 1.27. The molecule has 0 aliphatic heterocycles. The number of aliphatic imine (C=N–C) groups is 1. The average Bonchev–Trinajstić information content (AvgIpc) is 2.29. The highest BCUT2D eigenvalue weighted by atomic mass is 79.9. The van der Waals surface area contributed by atoms with E-state index in [2.05, 4.69) is 20.9 Å². The van der Waals surface area contributed by atoms with Gasteiger partial charge in [0.1, 0.15) is 17.8 Å². The predicted molar refractivity (Wildman–Crippen MR) is 64.2 cm³/mol. The summed E-state index contributed by atoms with van der Waals surface area (Å²) in [4.78, 5) is 3.85. The summed E-state index contributed by atoms with van der Waals surface area (Å²) in [5.41, 5.74) is 5.84. The predicted octanol–water partition coefficient (Wildman–Crippen LogP) is 2.09. The lowest BCUT2D eigenvalue weighted by Crippen LogP contribution is -1.97. The molecule has 0 aliphatic rings. The van der Waals surface area contributed by atoms with Gasteiger partial charge >= 0.3 is 0 Å². The van der Waals surface area contributed by atoms with Crippen molar-refractivity contribution in [1.29, 1.82) is 10.5 Å². The fourth-order valence-corrected chi connectivity index (χ4v) is 1.35. The molecule has 0 fully saturated rings. The molecule has 0 unspecified atom stereocenters. The third-order valence-corrected chi connectivity index (χ3v) is 2.17. The topological polar surface area (TPSA) is 86.0 Å². The van der Waals surface area contributed by atoms with Gasteiger partial charge in [0.2, 0.25) is 0 Å². The Hall–Kier alpha value is -2.11. The molecule has 0 saturated carbocycles. The first-order valence-corrected chi connectivity index (χ1v) is 5.06. The SMILES string of the molecule is N#CC(N)=C(C#N)N=Cc1cccc(Br)c1. The van der Waals surface area contributed by atoms with E-state index in [4.69, 9.17) is 16.3 Å². The fraction of sp³-hybridized carbons (Fsp3) is 0. The van der Waals surface area contributed by atoms with Crippen molar-refractivity contribution in [2.24, 2.45) is 10.7 Å². The first-order valence-electron chi connectivity index (χ1n) is 4.27. The van der Waals surface area contributed by atoms with E-state index in [1.54, 1.807) is 12.1 Å². The van der Waals surface area contributed by atoms with Crippen LogP contribution in [-0.2, 0) is 0 Å². The lowest BCUT2D eigenvalue weighted by Gasteiger charge is -1.94. The molecule has 16 heavy (non-hydrogen) atoms. The Morgan fingerprint density at radius 1 is 1.38 bits per heavy atom. The molecule has 5 heteroatoms. The number of hydrogen-bond donors (Lipinski definition) is 1. The smallest absolute Gasteiger partial charge is 0.174 e. The van der Waals surface area contributed by atoms with Crippen LogP contribution in [0.2, 0.25) is 0 Å². The molecule has 0 aromatic heterocycles. The minimum Gasteiger partial charge on any atom is -0.388 e. The van der Waals surface area contributed by atoms with Crippen molar-refractivity contribution in [2.75, 3.05) is 0 Å². The minimum atomic E-state index is -0.186. The van der Waals surface area contributed by atoms with Gasteiger partial charge < -0.3 is 5.73 Å². The number of nitrogens with two attached hydrogens (primary N) is 1. The third-order valence-electron chi connectivity index (χ3n) is 1.67. The van der Waals surface area contributed by atoms with Crippen LogP contribution in [0.15, 0.2) is 45.1 Å². The molecule has 0 amide bonds. The molecule has 1 aromatic carbocycles. The van der Waals surface area contributed by atoms with Gasteiger partial charge in [0.15, 0.2) is 5.70 Å². The van der Waals surface area contributed by atoms with E-state index in [-0.39, 0.29) is 11.4 Å². The maximum Gasteiger partial charge on any atom is 0.174 e. The Balaban J connectivity index is 2.99. The first kappa shape index (κ1) is 12.0. The number of hydrogen-bond acceptors (Lipinski definition) is 4. The third kappa shape index (κ3) is 3.23. The van der Waals surface area contributed by atoms with Crippen LogP contribution in [0.3, 0.4) is 0 Å². The van der Waals surface area contributed by atoms with Crippen molar-refractivity contribution in [3.05, 3.63) is 45.7 Å². The zero-order chi connectivity index (χ0) is 12.0. The van der Waals surface area contributed by atoms with Crippen LogP contribution in [-0.4, -0.2) is 6.21 Å². The van der Waals surface area contributed by atoms with E-state index in [0.29, 0.717) is 0 Å². The van der Waals surface area contributed by atoms with E-state index < -0.39 is 0 Å². The summed E-state index contributed by atoms with van der Waals surface area (Å²) in [5, 5.41) is 17.2. The number of nitrogens with zero attached hydrogens (tertiary/aromatic N) is 3. The summed E-state index contributed by atoms with van der Waals surface area (Å²) in [7, 11) is 0. The van der Waals surface area contributed by atoms with Crippen LogP contribution in [0.1, 0.15) is 5.56 Å². The van der Waals surface area contributed by atoms with Crippen molar-refractivity contribution in [2.45, 2.75) is 0 Å². The zero-order valence-corrected chi connectivity index (χ0v) is 9.77. The highest BCUT2D eigenvalue weighted by Crippen LogP contribution is 2.10. The maximum absolute atomic E-state index is 8.70. The number of rotatable bonds is 2. The second-order valence-corrected chi connectivity index (χ2v) is 3.71. The van der Waals surface area contributed by atoms with Crippen LogP contribution in [0.5, 0.6) is 0 Å². The molecule has 0 saturated heterocycles. The summed E-state index contributed by atoms with van der Waals surface area (Å²) < 4.78 is 0.909. The van der Waals surface area contributed by atoms with Crippen LogP contribution in [0.4, 0.5) is 0 Å². The minimum absolute atomic E-state index is 0.0810. The summed E-state index contributed by atoms with van der Waals surface area (Å²) in [6.07, 6.45) is 1.48. The Bertz CT molecular complexity index is 532. The molecule has 0 aliphatic carbocycles. The molecule has 2 N–H and O–H groups in total. The molecule has 0 bridgehead atoms. The highest BCUT2D eigenvalue weighted by Gasteiger charge is 1.98. The quantitative estimate of drug-likeness (QED) is 0.662. The van der Waals surface area contributed by atoms with Crippen molar-refractivity contribution >= 4 is 22.1 Å². The monoisotopic (exact) mass is 274 g/mol. The summed E-state index contributed by atoms with van der Waals surface area (Å²) in [6, 6.07) is 10.8. The van der Waals surface area contributed by atoms with Crippen molar-refractivity contribution in [1.82, 2.24) is 0 Å². The first-order chi connectivity index (χ1) is 7.67. The molecule has 78 valence electrons. The van der Waals surface area contributed by atoms with Gasteiger partial charge in [-0.25, -0.2) is 4.99 Å². The van der Waals surface area contributed by atoms with Gasteiger partial charge in [-0.2, -0.15) is 10.5 Å². The number of halogens is 1. The molecule has 1 rings (SSSR count). The van der Waals surface area contributed by atoms with Crippen molar-refractivity contribution in [3.8, 4) is 12.1 Å². The molecule has 1 aromatic rings. The van der Waals surface area contributed by atoms with Gasteiger partial charge in [-0.1, -0.05) is 28.1 Å². The fourth-order valence-electron chi connectivity index (χ4n) is 0.938. The molecule has 0 heterocycles. The Morgan fingerprint density at radius 3 is 2.69 bits per heavy atom. The van der Waals surface area contributed by atoms with Crippen LogP contribution in [0.25, 0.3) is 0 Å². The lowest BCUT2D eigenvalue weighted by atomic mass is 10.2. The second kappa shape index (κ2) is 5.69. The number of nitriles is 2. The largest absolute Gasteiger partial charge is 0.388 e. The Labute approximate surface area is 101 Å². The number of allylic oxidation sites excluding steroid dienone is 2. The summed E-state index contributed by atoms with van der Waals surface area (Å²) >= 11 is 3.31. The van der Waals surface area contributed by atoms with E-state index in [9.17, 15) is 0 Å². The van der Waals surface area contributed by atoms with Gasteiger partial charge in [0.25, 0.3) is 0 Å². The number of benzene rings is 1. The molecule has 0 atom stereocenters. The Kier molecular flexibility index (Phi) is 4.26. The standard InChI is InChI=1S/C11H7BrN4/c12-9-3-1-2-8(4-9)7-16-11(6-14)10(15)5-13/h1-4,7H,15H2. The molecule has 4 nitrogen and oxygen atoms in total. The highest BCUT2D eigenvalue weighted by molar-refractivity contribution is 9.10. The van der Waals surface area contributed by atoms with Crippen LogP contribution in [0, 0.1) is 22.7 Å². The van der Waals surface area contributed by atoms with E-state index in [1.807, 2.05) is 24.3 Å². The molecular formula is C11H7BrN4. The average molecular weight is 275 g/mol. The summed E-state index contributed by atoms with van der Waals surface area (Å²) in [6.45, 7) is 0. The molecular weight excluding hydrogens is 268 g/mol. The van der Waals surface area contributed by atoms with Crippen molar-refractivity contribution < 1.29 is 0 Å². The Morgan fingerprint density at radius 2 is 2.12 bits per heavy atom. The van der Waals surface area contributed by atoms with E-state index >= 15 is 0 Å². The summed E-state index contributed by atoms with van der Waals surface area (Å²) in [5.74, 6) is 0. The van der Waals surface area contributed by atoms with Gasteiger partial charge in [-0.05, 0) is 17.7 Å². The van der Waals surface area contributed by atoms with Crippen LogP contribution < -0.4 is 5.73 Å². The zero-order valence-electron chi connectivity index (χ0n) is 8.18. The normalized spacial score (nSPS) is 11.7. The van der Waals surface area contributed by atoms with Crippen molar-refractivity contribution in [3.63, 3.8) is 0 Å². The second-order valence-electron chi connectivity index (χ2n) is 2.80. The maximum atomic E-state index is 8.70. The van der Waals surface area contributed by atoms with E-state index in [1.165, 1.54) is 6.21 Å². The van der Waals surface area contributed by atoms with Gasteiger partial charge in [-0.15, -0.1) is 0 Å². The molecule has 0 spiro atoms.